The van der Waals surface area contributed by atoms with E-state index in [-0.39, 0.29) is 6.09 Å². The predicted octanol–water partition coefficient (Wildman–Crippen LogP) is 2.46. The second-order valence-corrected chi connectivity index (χ2v) is 4.89. The van der Waals surface area contributed by atoms with E-state index >= 15 is 0 Å². The summed E-state index contributed by atoms with van der Waals surface area (Å²) < 4.78 is 5.12. The summed E-state index contributed by atoms with van der Waals surface area (Å²) in [5.74, 6) is 0. The van der Waals surface area contributed by atoms with E-state index in [4.69, 9.17) is 4.74 Å². The SMILES string of the molecule is C/C=C/CCNCCCNC(=O)OC(C)(C)C. The van der Waals surface area contributed by atoms with Gasteiger partial charge in [0.2, 0.25) is 0 Å². The smallest absolute Gasteiger partial charge is 0.407 e. The van der Waals surface area contributed by atoms with Gasteiger partial charge >= 0.3 is 6.09 Å². The van der Waals surface area contributed by atoms with Crippen LogP contribution in [0.1, 0.15) is 40.5 Å². The lowest BCUT2D eigenvalue weighted by Gasteiger charge is -2.19. The average molecular weight is 242 g/mol. The molecule has 0 spiro atoms. The van der Waals surface area contributed by atoms with Crippen molar-refractivity contribution in [1.82, 2.24) is 10.6 Å². The maximum Gasteiger partial charge on any atom is 0.407 e. The topological polar surface area (TPSA) is 50.4 Å². The highest BCUT2D eigenvalue weighted by atomic mass is 16.6. The van der Waals surface area contributed by atoms with Gasteiger partial charge in [0.05, 0.1) is 0 Å². The number of nitrogens with one attached hydrogen (secondary N) is 2. The predicted molar refractivity (Wildman–Crippen MR) is 71.2 cm³/mol. The summed E-state index contributed by atoms with van der Waals surface area (Å²) in [6.07, 6.45) is 5.80. The van der Waals surface area contributed by atoms with Gasteiger partial charge in [0.1, 0.15) is 5.60 Å². The van der Waals surface area contributed by atoms with Crippen molar-refractivity contribution in [3.05, 3.63) is 12.2 Å². The summed E-state index contributed by atoms with van der Waals surface area (Å²) >= 11 is 0. The minimum Gasteiger partial charge on any atom is -0.444 e. The molecule has 0 aromatic carbocycles. The van der Waals surface area contributed by atoms with Crippen molar-refractivity contribution in [2.24, 2.45) is 0 Å². The molecule has 1 amide bonds. The maximum atomic E-state index is 11.3. The Kier molecular flexibility index (Phi) is 8.50. The quantitative estimate of drug-likeness (QED) is 0.532. The molecule has 0 aromatic rings. The van der Waals surface area contributed by atoms with E-state index in [1.165, 1.54) is 0 Å². The molecule has 0 aliphatic heterocycles. The van der Waals surface area contributed by atoms with Crippen molar-refractivity contribution in [3.63, 3.8) is 0 Å². The van der Waals surface area contributed by atoms with Gasteiger partial charge < -0.3 is 15.4 Å². The molecular weight excluding hydrogens is 216 g/mol. The fraction of sp³-hybridized carbons (Fsp3) is 0.769. The van der Waals surface area contributed by atoms with E-state index in [1.54, 1.807) is 0 Å². The third-order valence-corrected chi connectivity index (χ3v) is 1.92. The lowest BCUT2D eigenvalue weighted by molar-refractivity contribution is 0.0527. The van der Waals surface area contributed by atoms with Gasteiger partial charge in [-0.2, -0.15) is 0 Å². The molecule has 0 aliphatic carbocycles. The zero-order valence-electron chi connectivity index (χ0n) is 11.5. The molecule has 0 heterocycles. The lowest BCUT2D eigenvalue weighted by Crippen LogP contribution is -2.34. The monoisotopic (exact) mass is 242 g/mol. The van der Waals surface area contributed by atoms with E-state index in [0.29, 0.717) is 6.54 Å². The van der Waals surface area contributed by atoms with Gasteiger partial charge in [-0.15, -0.1) is 0 Å². The van der Waals surface area contributed by atoms with Crippen LogP contribution in [0.2, 0.25) is 0 Å². The van der Waals surface area contributed by atoms with Crippen molar-refractivity contribution < 1.29 is 9.53 Å². The van der Waals surface area contributed by atoms with Gasteiger partial charge in [-0.25, -0.2) is 4.79 Å². The molecule has 0 radical (unpaired) electrons. The van der Waals surface area contributed by atoms with Crippen LogP contribution in [0.4, 0.5) is 4.79 Å². The van der Waals surface area contributed by atoms with Crippen LogP contribution >= 0.6 is 0 Å². The second-order valence-electron chi connectivity index (χ2n) is 4.89. The summed E-state index contributed by atoms with van der Waals surface area (Å²) in [6.45, 7) is 10.1. The van der Waals surface area contributed by atoms with Crippen LogP contribution in [0.25, 0.3) is 0 Å². The molecular formula is C13H26N2O2. The van der Waals surface area contributed by atoms with Crippen molar-refractivity contribution in [3.8, 4) is 0 Å². The first-order valence-electron chi connectivity index (χ1n) is 6.24. The van der Waals surface area contributed by atoms with Crippen LogP contribution in [0.5, 0.6) is 0 Å². The largest absolute Gasteiger partial charge is 0.444 e. The number of alkyl carbamates (subject to hydrolysis) is 1. The van der Waals surface area contributed by atoms with Crippen LogP contribution in [-0.4, -0.2) is 31.3 Å². The van der Waals surface area contributed by atoms with Crippen LogP contribution in [0.15, 0.2) is 12.2 Å². The Labute approximate surface area is 105 Å². The number of ether oxygens (including phenoxy) is 1. The van der Waals surface area contributed by atoms with Crippen LogP contribution in [-0.2, 0) is 4.74 Å². The Hall–Kier alpha value is -1.03. The molecule has 0 saturated carbocycles. The fourth-order valence-corrected chi connectivity index (χ4v) is 1.20. The number of carbonyl (C=O) groups is 1. The Morgan fingerprint density at radius 3 is 2.53 bits per heavy atom. The third-order valence-electron chi connectivity index (χ3n) is 1.92. The molecule has 100 valence electrons. The first kappa shape index (κ1) is 16.0. The molecule has 17 heavy (non-hydrogen) atoms. The Balaban J connectivity index is 3.31. The molecule has 4 heteroatoms. The minimum absolute atomic E-state index is 0.341. The van der Waals surface area contributed by atoms with Gasteiger partial charge in [-0.05, 0) is 53.6 Å². The zero-order chi connectivity index (χ0) is 13.1. The Morgan fingerprint density at radius 2 is 1.94 bits per heavy atom. The molecule has 0 rings (SSSR count). The fourth-order valence-electron chi connectivity index (χ4n) is 1.20. The van der Waals surface area contributed by atoms with Crippen LogP contribution in [0, 0.1) is 0 Å². The molecule has 0 atom stereocenters. The molecule has 0 unspecified atom stereocenters. The maximum absolute atomic E-state index is 11.3. The molecule has 0 bridgehead atoms. The lowest BCUT2D eigenvalue weighted by atomic mass is 10.2. The molecule has 4 nitrogen and oxygen atoms in total. The molecule has 0 saturated heterocycles. The third kappa shape index (κ3) is 12.9. The van der Waals surface area contributed by atoms with Crippen molar-refractivity contribution in [2.75, 3.05) is 19.6 Å². The van der Waals surface area contributed by atoms with Gasteiger partial charge in [0, 0.05) is 6.54 Å². The molecule has 0 fully saturated rings. The summed E-state index contributed by atoms with van der Waals surface area (Å²) in [5.41, 5.74) is -0.422. The highest BCUT2D eigenvalue weighted by molar-refractivity contribution is 5.67. The Bertz CT molecular complexity index is 232. The van der Waals surface area contributed by atoms with Crippen molar-refractivity contribution in [2.45, 2.75) is 46.1 Å². The second kappa shape index (κ2) is 9.05. The molecule has 0 aliphatic rings. The van der Waals surface area contributed by atoms with Gasteiger partial charge in [-0.3, -0.25) is 0 Å². The highest BCUT2D eigenvalue weighted by Gasteiger charge is 2.15. The number of hydrogen-bond acceptors (Lipinski definition) is 3. The average Bonchev–Trinajstić information content (AvgIpc) is 2.19. The number of amides is 1. The molecule has 0 aromatic heterocycles. The van der Waals surface area contributed by atoms with E-state index in [1.807, 2.05) is 33.8 Å². The summed E-state index contributed by atoms with van der Waals surface area (Å²) in [6, 6.07) is 0. The first-order valence-corrected chi connectivity index (χ1v) is 6.24. The normalized spacial score (nSPS) is 11.8. The van der Waals surface area contributed by atoms with Gasteiger partial charge in [0.15, 0.2) is 0 Å². The number of hydrogen-bond donors (Lipinski definition) is 2. The van der Waals surface area contributed by atoms with Crippen molar-refractivity contribution in [1.29, 1.82) is 0 Å². The van der Waals surface area contributed by atoms with E-state index in [9.17, 15) is 4.79 Å². The van der Waals surface area contributed by atoms with E-state index in [0.717, 1.165) is 25.9 Å². The van der Waals surface area contributed by atoms with Crippen LogP contribution < -0.4 is 10.6 Å². The van der Waals surface area contributed by atoms with Crippen molar-refractivity contribution >= 4 is 6.09 Å². The minimum atomic E-state index is -0.422. The molecule has 2 N–H and O–H groups in total. The van der Waals surface area contributed by atoms with E-state index in [2.05, 4.69) is 16.7 Å². The van der Waals surface area contributed by atoms with Crippen LogP contribution in [0.3, 0.4) is 0 Å². The number of rotatable bonds is 7. The zero-order valence-corrected chi connectivity index (χ0v) is 11.5. The number of carbonyl (C=O) groups excluding carboxylic acids is 1. The van der Waals surface area contributed by atoms with Gasteiger partial charge in [-0.1, -0.05) is 12.2 Å². The first-order chi connectivity index (χ1) is 7.95. The summed E-state index contributed by atoms with van der Waals surface area (Å²) in [4.78, 5) is 11.3. The number of allylic oxidation sites excluding steroid dienone is 1. The standard InChI is InChI=1S/C13H26N2O2/c1-5-6-7-9-14-10-8-11-15-12(16)17-13(2,3)4/h5-6,14H,7-11H2,1-4H3,(H,15,16)/b6-5+. The summed E-state index contributed by atoms with van der Waals surface area (Å²) in [7, 11) is 0. The van der Waals surface area contributed by atoms with Gasteiger partial charge in [0.25, 0.3) is 0 Å². The summed E-state index contributed by atoms with van der Waals surface area (Å²) in [5, 5.41) is 6.02. The highest BCUT2D eigenvalue weighted by Crippen LogP contribution is 2.06. The Morgan fingerprint density at radius 1 is 1.24 bits per heavy atom. The van der Waals surface area contributed by atoms with E-state index < -0.39 is 5.60 Å².